The highest BCUT2D eigenvalue weighted by Gasteiger charge is 2.51. The van der Waals surface area contributed by atoms with E-state index in [0.29, 0.717) is 63.0 Å². The van der Waals surface area contributed by atoms with E-state index in [1.807, 2.05) is 45.3 Å². The van der Waals surface area contributed by atoms with Gasteiger partial charge in [0.25, 0.3) is 5.91 Å². The van der Waals surface area contributed by atoms with Gasteiger partial charge in [0, 0.05) is 43.6 Å². The molecule has 7 rings (SSSR count). The molecule has 2 aliphatic heterocycles. The van der Waals surface area contributed by atoms with Crippen LogP contribution in [0, 0.1) is 24.2 Å². The number of alkyl halides is 3. The molecule has 376 valence electrons. The number of hydrogen-bond acceptors (Lipinski definition) is 12. The topological polar surface area (TPSA) is 168 Å². The van der Waals surface area contributed by atoms with Crippen LogP contribution in [0.15, 0.2) is 78.7 Å². The number of aryl methyl sites for hydroxylation is 1. The van der Waals surface area contributed by atoms with E-state index >= 15 is 0 Å². The third kappa shape index (κ3) is 12.0. The summed E-state index contributed by atoms with van der Waals surface area (Å²) in [6.45, 7) is 13.5. The number of nitrogens with one attached hydrogen (secondary N) is 1. The molecule has 0 radical (unpaired) electrons. The fourth-order valence-electron chi connectivity index (χ4n) is 8.76. The smallest absolute Gasteiger partial charge is 0.417 e. The molecule has 20 heteroatoms. The first-order chi connectivity index (χ1) is 33.9. The molecule has 2 fully saturated rings. The van der Waals surface area contributed by atoms with Crippen LogP contribution < -0.4 is 24.6 Å². The second-order valence-corrected chi connectivity index (χ2v) is 19.6. The van der Waals surface area contributed by atoms with E-state index < -0.39 is 40.8 Å². The molecule has 3 atom stereocenters. The lowest BCUT2D eigenvalue weighted by Gasteiger charge is -2.30. The summed E-state index contributed by atoms with van der Waals surface area (Å²) in [6, 6.07) is 14.0. The van der Waals surface area contributed by atoms with Crippen molar-refractivity contribution in [2.24, 2.45) is 5.92 Å². The van der Waals surface area contributed by atoms with Crippen LogP contribution in [0.2, 0.25) is 0 Å². The summed E-state index contributed by atoms with van der Waals surface area (Å²) < 4.78 is 60.5. The molecule has 0 aliphatic carbocycles. The predicted molar refractivity (Wildman–Crippen MR) is 267 cm³/mol. The lowest BCUT2D eigenvalue weighted by atomic mass is 10.0. The highest BCUT2D eigenvalue weighted by atomic mass is 32.1. The number of carbonyl (C=O) groups excluding carboxylic acids is 3. The number of anilines is 2. The fraction of sp³-hybridized carbons (Fsp3) is 0.451. The van der Waals surface area contributed by atoms with Gasteiger partial charge in [-0.25, -0.2) is 4.98 Å². The van der Waals surface area contributed by atoms with Gasteiger partial charge < -0.3 is 29.3 Å². The highest BCUT2D eigenvalue weighted by molar-refractivity contribution is 7.81. The summed E-state index contributed by atoms with van der Waals surface area (Å²) in [5.74, 6) is 0.195. The van der Waals surface area contributed by atoms with Gasteiger partial charge in [0.05, 0.1) is 76.3 Å². The van der Waals surface area contributed by atoms with E-state index in [0.717, 1.165) is 64.5 Å². The molecule has 15 nitrogen and oxygen atoms in total. The second-order valence-electron chi connectivity index (χ2n) is 18.4. The SMILES string of the molecule is Cc1ncsc1-c1ccc([C@H](C)NC(=O)[C@@H]2CCCN2C(=O)C(C(C)C)n2cc(OCCCOCCCCCOc3ccc(N4C(=S)N(c5ccc(C#N)c(C(F)(F)F)c5)C(=O)C4(C)C)cc3)cn2)nc1. The first kappa shape index (κ1) is 52.4. The maximum Gasteiger partial charge on any atom is 0.417 e. The van der Waals surface area contributed by atoms with Crippen molar-refractivity contribution < 1.29 is 41.8 Å². The number of carbonyl (C=O) groups is 3. The number of thiocarbonyl (C=S) groups is 1. The summed E-state index contributed by atoms with van der Waals surface area (Å²) in [7, 11) is 0. The molecular formula is C51H58F3N9O6S2. The number of benzene rings is 2. The largest absolute Gasteiger partial charge is 0.494 e. The Kier molecular flexibility index (Phi) is 16.8. The normalized spacial score (nSPS) is 16.6. The van der Waals surface area contributed by atoms with Crippen LogP contribution in [-0.2, 0) is 25.3 Å². The Hall–Kier alpha value is -6.43. The maximum absolute atomic E-state index is 14.1. The zero-order valence-corrected chi connectivity index (χ0v) is 42.2. The van der Waals surface area contributed by atoms with E-state index in [4.69, 9.17) is 26.4 Å². The summed E-state index contributed by atoms with van der Waals surface area (Å²) in [5, 5.41) is 16.8. The Labute approximate surface area is 420 Å². The number of amides is 3. The van der Waals surface area contributed by atoms with E-state index in [9.17, 15) is 32.8 Å². The maximum atomic E-state index is 14.1. The highest BCUT2D eigenvalue weighted by Crippen LogP contribution is 2.40. The molecule has 3 aromatic heterocycles. The summed E-state index contributed by atoms with van der Waals surface area (Å²) in [5.41, 5.74) is 2.07. The van der Waals surface area contributed by atoms with Crippen LogP contribution in [0.4, 0.5) is 24.5 Å². The van der Waals surface area contributed by atoms with E-state index in [1.165, 1.54) is 6.07 Å². The van der Waals surface area contributed by atoms with Crippen LogP contribution in [0.1, 0.15) is 108 Å². The minimum Gasteiger partial charge on any atom is -0.494 e. The Morgan fingerprint density at radius 1 is 0.944 bits per heavy atom. The number of thiazole rings is 1. The van der Waals surface area contributed by atoms with Crippen molar-refractivity contribution in [1.29, 1.82) is 5.26 Å². The molecule has 0 saturated carbocycles. The van der Waals surface area contributed by atoms with Crippen LogP contribution >= 0.6 is 23.6 Å². The molecule has 0 bridgehead atoms. The third-order valence-corrected chi connectivity index (χ3v) is 13.9. The number of pyridine rings is 1. The number of unbranched alkanes of at least 4 members (excludes halogenated alkanes) is 2. The Morgan fingerprint density at radius 3 is 2.32 bits per heavy atom. The van der Waals surface area contributed by atoms with Crippen LogP contribution in [0.25, 0.3) is 10.4 Å². The minimum atomic E-state index is -4.79. The van der Waals surface area contributed by atoms with Gasteiger partial charge in [-0.15, -0.1) is 11.3 Å². The number of aromatic nitrogens is 4. The molecule has 1 unspecified atom stereocenters. The average Bonchev–Trinajstić information content (AvgIpc) is 4.15. The van der Waals surface area contributed by atoms with Gasteiger partial charge in [0.1, 0.15) is 23.4 Å². The van der Waals surface area contributed by atoms with Gasteiger partial charge >= 0.3 is 6.18 Å². The third-order valence-electron chi connectivity index (χ3n) is 12.5. The standard InChI is InChI=1S/C51H58F3N9O6S2/c1-32(2)44(47(65)60-21-10-12-43(60)46(64)59-33(3)42-20-14-36(28-56-42)45-34(4)57-31-71-45)61-30-40(29-58-61)69-25-11-23-67-22-8-7-9-24-68-39-18-16-37(17-19-39)63-49(70)62(48(66)50(63,5)6)38-15-13-35(27-55)41(26-38)51(52,53)54/h13-20,26,28-33,43-44H,7-12,21-25H2,1-6H3,(H,59,64)/t33-,43-,44?/m0/s1. The van der Waals surface area contributed by atoms with E-state index in [1.54, 1.807) is 88.6 Å². The zero-order chi connectivity index (χ0) is 51.0. The Morgan fingerprint density at radius 2 is 1.65 bits per heavy atom. The molecule has 1 N–H and O–H groups in total. The number of ether oxygens (including phenoxy) is 3. The molecule has 5 heterocycles. The number of likely N-dealkylation sites (tertiary alicyclic amines) is 1. The van der Waals surface area contributed by atoms with Gasteiger partial charge in [-0.2, -0.15) is 23.5 Å². The molecule has 5 aromatic rings. The van der Waals surface area contributed by atoms with Gasteiger partial charge in [0.2, 0.25) is 11.8 Å². The van der Waals surface area contributed by atoms with Crippen molar-refractivity contribution in [1.82, 2.24) is 30.0 Å². The van der Waals surface area contributed by atoms with Crippen molar-refractivity contribution in [3.05, 3.63) is 101 Å². The number of nitriles is 1. The van der Waals surface area contributed by atoms with Crippen LogP contribution in [0.3, 0.4) is 0 Å². The fourth-order valence-corrected chi connectivity index (χ4v) is 10.1. The lowest BCUT2D eigenvalue weighted by molar-refractivity contribution is -0.142. The molecule has 2 aliphatic rings. The van der Waals surface area contributed by atoms with Crippen molar-refractivity contribution in [3.8, 4) is 28.0 Å². The van der Waals surface area contributed by atoms with Gasteiger partial charge in [-0.05, 0) is 126 Å². The monoisotopic (exact) mass is 1010 g/mol. The predicted octanol–water partition coefficient (Wildman–Crippen LogP) is 9.62. The first-order valence-electron chi connectivity index (χ1n) is 23.7. The van der Waals surface area contributed by atoms with Crippen LogP contribution in [-0.4, -0.2) is 92.0 Å². The summed E-state index contributed by atoms with van der Waals surface area (Å²) in [6.07, 6.45) is 4.82. The Balaban J connectivity index is 0.787. The Bertz CT molecular complexity index is 2720. The summed E-state index contributed by atoms with van der Waals surface area (Å²) in [4.78, 5) is 55.6. The van der Waals surface area contributed by atoms with Crippen LogP contribution in [0.5, 0.6) is 11.5 Å². The second kappa shape index (κ2) is 22.8. The molecule has 71 heavy (non-hydrogen) atoms. The number of nitrogens with zero attached hydrogens (tertiary/aromatic N) is 8. The van der Waals surface area contributed by atoms with Crippen molar-refractivity contribution in [2.45, 2.75) is 110 Å². The summed E-state index contributed by atoms with van der Waals surface area (Å²) >= 11 is 7.20. The molecule has 2 aromatic carbocycles. The van der Waals surface area contributed by atoms with Crippen molar-refractivity contribution in [3.63, 3.8) is 0 Å². The van der Waals surface area contributed by atoms with E-state index in [-0.39, 0.29) is 34.6 Å². The average molecular weight is 1010 g/mol. The first-order valence-corrected chi connectivity index (χ1v) is 24.9. The minimum absolute atomic E-state index is 0.0147. The quantitative estimate of drug-likeness (QED) is 0.0547. The molecule has 0 spiro atoms. The number of halogens is 3. The van der Waals surface area contributed by atoms with E-state index in [2.05, 4.69) is 20.4 Å². The molecular weight excluding hydrogens is 956 g/mol. The number of rotatable bonds is 21. The lowest BCUT2D eigenvalue weighted by Crippen LogP contribution is -2.49. The van der Waals surface area contributed by atoms with Gasteiger partial charge in [0.15, 0.2) is 10.9 Å². The van der Waals surface area contributed by atoms with Crippen molar-refractivity contribution in [2.75, 3.05) is 42.8 Å². The van der Waals surface area contributed by atoms with Gasteiger partial charge in [-0.3, -0.25) is 28.9 Å². The van der Waals surface area contributed by atoms with Gasteiger partial charge in [-0.1, -0.05) is 19.9 Å². The molecule has 2 saturated heterocycles. The van der Waals surface area contributed by atoms with Crippen molar-refractivity contribution >= 4 is 57.8 Å². The molecule has 3 amide bonds. The zero-order valence-electron chi connectivity index (χ0n) is 40.6. The number of hydrogen-bond donors (Lipinski definition) is 1.